The Morgan fingerprint density at radius 1 is 1.21 bits per heavy atom. The summed E-state index contributed by atoms with van der Waals surface area (Å²) in [5, 5.41) is 23.8. The molecular weight excluding hydrogens is 311 g/mol. The van der Waals surface area contributed by atoms with E-state index in [1.807, 2.05) is 0 Å². The van der Waals surface area contributed by atoms with Crippen molar-refractivity contribution in [2.75, 3.05) is 5.32 Å². The number of benzene rings is 2. The van der Waals surface area contributed by atoms with Crippen LogP contribution in [0.25, 0.3) is 0 Å². The van der Waals surface area contributed by atoms with E-state index in [2.05, 4.69) is 5.32 Å². The highest BCUT2D eigenvalue weighted by Gasteiger charge is 2.30. The van der Waals surface area contributed by atoms with E-state index in [0.717, 1.165) is 24.8 Å². The van der Waals surface area contributed by atoms with E-state index >= 15 is 0 Å². The standard InChI is InChI=1S/C18H19FN2O3/c19-14-7-5-13(6-8-14)15-2-1-3-16(15)20-17-10-12(11-22)4-9-18(17)21(23)24/h4-10,15-16,20,22H,1-3,11H2. The van der Waals surface area contributed by atoms with E-state index in [1.54, 1.807) is 24.3 Å². The fourth-order valence-corrected chi connectivity index (χ4v) is 3.40. The molecule has 5 nitrogen and oxygen atoms in total. The van der Waals surface area contributed by atoms with Crippen LogP contribution in [0.2, 0.25) is 0 Å². The number of nitrogens with one attached hydrogen (secondary N) is 1. The minimum atomic E-state index is -0.425. The van der Waals surface area contributed by atoms with Crippen LogP contribution in [0, 0.1) is 15.9 Å². The highest BCUT2D eigenvalue weighted by molar-refractivity contribution is 5.63. The number of aliphatic hydroxyl groups is 1. The maximum Gasteiger partial charge on any atom is 0.292 e. The molecule has 2 atom stereocenters. The predicted molar refractivity (Wildman–Crippen MR) is 89.4 cm³/mol. The Morgan fingerprint density at radius 2 is 1.96 bits per heavy atom. The van der Waals surface area contributed by atoms with Crippen molar-refractivity contribution < 1.29 is 14.4 Å². The van der Waals surface area contributed by atoms with Gasteiger partial charge in [-0.3, -0.25) is 10.1 Å². The summed E-state index contributed by atoms with van der Waals surface area (Å²) in [6, 6.07) is 11.1. The molecule has 2 aromatic carbocycles. The van der Waals surface area contributed by atoms with Gasteiger partial charge in [0.05, 0.1) is 11.5 Å². The first-order chi connectivity index (χ1) is 11.6. The molecule has 2 unspecified atom stereocenters. The molecular formula is C18H19FN2O3. The zero-order valence-electron chi connectivity index (χ0n) is 13.1. The highest BCUT2D eigenvalue weighted by atomic mass is 19.1. The van der Waals surface area contributed by atoms with Crippen LogP contribution in [0.15, 0.2) is 42.5 Å². The van der Waals surface area contributed by atoms with Gasteiger partial charge in [-0.2, -0.15) is 0 Å². The van der Waals surface area contributed by atoms with Gasteiger partial charge < -0.3 is 10.4 Å². The first kappa shape index (κ1) is 16.4. The normalized spacial score (nSPS) is 20.1. The second-order valence-electron chi connectivity index (χ2n) is 6.11. The molecule has 2 aromatic rings. The van der Waals surface area contributed by atoms with Gasteiger partial charge in [-0.05, 0) is 48.2 Å². The number of nitrogens with zero attached hydrogens (tertiary/aromatic N) is 1. The van der Waals surface area contributed by atoms with Crippen LogP contribution in [0.4, 0.5) is 15.8 Å². The number of nitro groups is 1. The van der Waals surface area contributed by atoms with Crippen molar-refractivity contribution in [1.82, 2.24) is 0 Å². The molecule has 0 radical (unpaired) electrons. The molecule has 0 heterocycles. The van der Waals surface area contributed by atoms with Gasteiger partial charge >= 0.3 is 0 Å². The highest BCUT2D eigenvalue weighted by Crippen LogP contribution is 2.38. The van der Waals surface area contributed by atoms with E-state index in [0.29, 0.717) is 11.3 Å². The lowest BCUT2D eigenvalue weighted by molar-refractivity contribution is -0.384. The molecule has 1 aliphatic carbocycles. The quantitative estimate of drug-likeness (QED) is 0.642. The summed E-state index contributed by atoms with van der Waals surface area (Å²) in [6.45, 7) is -0.168. The molecule has 1 saturated carbocycles. The number of halogens is 1. The minimum absolute atomic E-state index is 0.00282. The van der Waals surface area contributed by atoms with E-state index < -0.39 is 4.92 Å². The lowest BCUT2D eigenvalue weighted by Gasteiger charge is -2.22. The van der Waals surface area contributed by atoms with Gasteiger partial charge in [0, 0.05) is 18.0 Å². The molecule has 6 heteroatoms. The van der Waals surface area contributed by atoms with Gasteiger partial charge in [0.1, 0.15) is 11.5 Å². The summed E-state index contributed by atoms with van der Waals surface area (Å²) in [5.74, 6) is -0.0875. The first-order valence-corrected chi connectivity index (χ1v) is 7.98. The average molecular weight is 330 g/mol. The van der Waals surface area contributed by atoms with Gasteiger partial charge in [-0.1, -0.05) is 18.6 Å². The summed E-state index contributed by atoms with van der Waals surface area (Å²) in [7, 11) is 0. The number of hydrogen-bond donors (Lipinski definition) is 2. The van der Waals surface area contributed by atoms with Crippen LogP contribution in [0.1, 0.15) is 36.3 Å². The number of aliphatic hydroxyl groups excluding tert-OH is 1. The maximum atomic E-state index is 13.1. The summed E-state index contributed by atoms with van der Waals surface area (Å²) < 4.78 is 13.1. The SMILES string of the molecule is O=[N+]([O-])c1ccc(CO)cc1NC1CCCC1c1ccc(F)cc1. The Balaban J connectivity index is 1.86. The maximum absolute atomic E-state index is 13.1. The molecule has 3 rings (SSSR count). The third-order valence-electron chi connectivity index (χ3n) is 4.60. The van der Waals surface area contributed by atoms with Gasteiger partial charge in [0.2, 0.25) is 0 Å². The average Bonchev–Trinajstić information content (AvgIpc) is 3.03. The van der Waals surface area contributed by atoms with E-state index in [1.165, 1.54) is 18.2 Å². The van der Waals surface area contributed by atoms with Crippen molar-refractivity contribution in [3.63, 3.8) is 0 Å². The van der Waals surface area contributed by atoms with Crippen LogP contribution >= 0.6 is 0 Å². The molecule has 2 N–H and O–H groups in total. The number of rotatable bonds is 5. The molecule has 0 spiro atoms. The molecule has 1 fully saturated rings. The van der Waals surface area contributed by atoms with Crippen molar-refractivity contribution in [2.45, 2.75) is 37.8 Å². The molecule has 0 aromatic heterocycles. The molecule has 0 aliphatic heterocycles. The molecule has 1 aliphatic rings. The first-order valence-electron chi connectivity index (χ1n) is 7.98. The van der Waals surface area contributed by atoms with Crippen molar-refractivity contribution in [3.05, 3.63) is 69.5 Å². The second kappa shape index (κ2) is 6.97. The fraction of sp³-hybridized carbons (Fsp3) is 0.333. The third kappa shape index (κ3) is 3.38. The summed E-state index contributed by atoms with van der Waals surface area (Å²) >= 11 is 0. The smallest absolute Gasteiger partial charge is 0.292 e. The Morgan fingerprint density at radius 3 is 2.62 bits per heavy atom. The third-order valence-corrected chi connectivity index (χ3v) is 4.60. The van der Waals surface area contributed by atoms with Crippen LogP contribution < -0.4 is 5.32 Å². The lowest BCUT2D eigenvalue weighted by atomic mass is 9.93. The Hall–Kier alpha value is -2.47. The lowest BCUT2D eigenvalue weighted by Crippen LogP contribution is -2.23. The zero-order chi connectivity index (χ0) is 17.1. The van der Waals surface area contributed by atoms with Gasteiger partial charge in [0.25, 0.3) is 5.69 Å². The van der Waals surface area contributed by atoms with E-state index in [4.69, 9.17) is 0 Å². The van der Waals surface area contributed by atoms with Crippen LogP contribution in [0.5, 0.6) is 0 Å². The Bertz CT molecular complexity index is 734. The van der Waals surface area contributed by atoms with Crippen molar-refractivity contribution in [2.24, 2.45) is 0 Å². The van der Waals surface area contributed by atoms with Crippen LogP contribution in [0.3, 0.4) is 0 Å². The molecule has 24 heavy (non-hydrogen) atoms. The largest absolute Gasteiger partial charge is 0.392 e. The van der Waals surface area contributed by atoms with Gasteiger partial charge in [0.15, 0.2) is 0 Å². The van der Waals surface area contributed by atoms with Crippen molar-refractivity contribution in [3.8, 4) is 0 Å². The van der Waals surface area contributed by atoms with Gasteiger partial charge in [-0.25, -0.2) is 4.39 Å². The van der Waals surface area contributed by atoms with Crippen LogP contribution in [-0.4, -0.2) is 16.1 Å². The Labute approximate surface area is 139 Å². The van der Waals surface area contributed by atoms with Gasteiger partial charge in [-0.15, -0.1) is 0 Å². The van der Waals surface area contributed by atoms with E-state index in [9.17, 15) is 19.6 Å². The van der Waals surface area contributed by atoms with Crippen molar-refractivity contribution in [1.29, 1.82) is 0 Å². The number of anilines is 1. The number of hydrogen-bond acceptors (Lipinski definition) is 4. The minimum Gasteiger partial charge on any atom is -0.392 e. The molecule has 126 valence electrons. The van der Waals surface area contributed by atoms with Crippen LogP contribution in [-0.2, 0) is 6.61 Å². The predicted octanol–water partition coefficient (Wildman–Crippen LogP) is 3.97. The molecule has 0 amide bonds. The Kier molecular flexibility index (Phi) is 4.76. The summed E-state index contributed by atoms with van der Waals surface area (Å²) in [5.41, 5.74) is 2.08. The van der Waals surface area contributed by atoms with Crippen molar-refractivity contribution >= 4 is 11.4 Å². The summed E-state index contributed by atoms with van der Waals surface area (Å²) in [4.78, 5) is 10.8. The topological polar surface area (TPSA) is 75.4 Å². The monoisotopic (exact) mass is 330 g/mol. The molecule has 0 saturated heterocycles. The zero-order valence-corrected chi connectivity index (χ0v) is 13.1. The second-order valence-corrected chi connectivity index (χ2v) is 6.11. The molecule has 0 bridgehead atoms. The van der Waals surface area contributed by atoms with E-state index in [-0.39, 0.29) is 30.1 Å². The number of nitro benzene ring substituents is 1. The summed E-state index contributed by atoms with van der Waals surface area (Å²) in [6.07, 6.45) is 2.85. The fourth-order valence-electron chi connectivity index (χ4n) is 3.40.